The van der Waals surface area contributed by atoms with E-state index in [4.69, 9.17) is 25.8 Å². The van der Waals surface area contributed by atoms with Gasteiger partial charge in [-0.1, -0.05) is 17.7 Å². The Morgan fingerprint density at radius 3 is 2.41 bits per heavy atom. The minimum Gasteiger partial charge on any atom is -0.495 e. The topological polar surface area (TPSA) is 94.2 Å². The number of rotatable bonds is 8. The summed E-state index contributed by atoms with van der Waals surface area (Å²) in [5.41, 5.74) is 0.851. The molecule has 0 radical (unpaired) electrons. The number of hydrogen-bond donors (Lipinski definition) is 1. The van der Waals surface area contributed by atoms with Crippen molar-refractivity contribution in [2.45, 2.75) is 24.3 Å². The third-order valence-electron chi connectivity index (χ3n) is 5.43. The van der Waals surface area contributed by atoms with E-state index in [-0.39, 0.29) is 22.4 Å². The fourth-order valence-corrected chi connectivity index (χ4v) is 5.53. The summed E-state index contributed by atoms with van der Waals surface area (Å²) in [4.78, 5) is 12.8. The number of halogens is 1. The molecule has 1 atom stereocenters. The van der Waals surface area contributed by atoms with Gasteiger partial charge < -0.3 is 19.5 Å². The first-order chi connectivity index (χ1) is 15.3. The number of sulfonamides is 1. The Balaban J connectivity index is 1.66. The maximum atomic E-state index is 13.1. The van der Waals surface area contributed by atoms with Crippen molar-refractivity contribution in [1.29, 1.82) is 0 Å². The zero-order chi connectivity index (χ0) is 23.3. The van der Waals surface area contributed by atoms with Gasteiger partial charge in [0.25, 0.3) is 0 Å². The lowest BCUT2D eigenvalue weighted by Crippen LogP contribution is -2.45. The van der Waals surface area contributed by atoms with Crippen LogP contribution in [0.5, 0.6) is 17.2 Å². The van der Waals surface area contributed by atoms with E-state index >= 15 is 0 Å². The van der Waals surface area contributed by atoms with Crippen LogP contribution in [-0.2, 0) is 21.4 Å². The lowest BCUT2D eigenvalue weighted by atomic mass is 9.98. The van der Waals surface area contributed by atoms with Gasteiger partial charge in [0.05, 0.1) is 37.2 Å². The normalized spacial score (nSPS) is 16.9. The Kier molecular flexibility index (Phi) is 7.86. The van der Waals surface area contributed by atoms with Crippen LogP contribution in [0.1, 0.15) is 18.4 Å². The molecular weight excluding hydrogens is 456 g/mol. The second-order valence-electron chi connectivity index (χ2n) is 7.41. The van der Waals surface area contributed by atoms with Gasteiger partial charge in [0.2, 0.25) is 15.9 Å². The highest BCUT2D eigenvalue weighted by atomic mass is 35.5. The highest BCUT2D eigenvalue weighted by Gasteiger charge is 2.33. The van der Waals surface area contributed by atoms with Gasteiger partial charge in [-0.15, -0.1) is 0 Å². The molecule has 2 aromatic carbocycles. The summed E-state index contributed by atoms with van der Waals surface area (Å²) in [5.74, 6) is 0.957. The van der Waals surface area contributed by atoms with Crippen molar-refractivity contribution >= 4 is 27.5 Å². The molecule has 1 N–H and O–H groups in total. The van der Waals surface area contributed by atoms with Gasteiger partial charge in [0.15, 0.2) is 11.5 Å². The molecule has 3 rings (SSSR count). The third-order valence-corrected chi connectivity index (χ3v) is 7.59. The van der Waals surface area contributed by atoms with Gasteiger partial charge in [-0.05, 0) is 48.7 Å². The number of nitrogens with one attached hydrogen (secondary N) is 1. The molecule has 174 valence electrons. The van der Waals surface area contributed by atoms with Crippen molar-refractivity contribution in [3.63, 3.8) is 0 Å². The smallest absolute Gasteiger partial charge is 0.243 e. The van der Waals surface area contributed by atoms with Crippen molar-refractivity contribution in [2.24, 2.45) is 5.92 Å². The summed E-state index contributed by atoms with van der Waals surface area (Å²) >= 11 is 6.10. The summed E-state index contributed by atoms with van der Waals surface area (Å²) < 4.78 is 43.1. The second kappa shape index (κ2) is 10.4. The monoisotopic (exact) mass is 482 g/mol. The third kappa shape index (κ3) is 5.28. The van der Waals surface area contributed by atoms with Gasteiger partial charge in [-0.3, -0.25) is 4.79 Å². The predicted octanol–water partition coefficient (Wildman–Crippen LogP) is 3.08. The predicted molar refractivity (Wildman–Crippen MR) is 121 cm³/mol. The van der Waals surface area contributed by atoms with Crippen LogP contribution in [0.2, 0.25) is 5.02 Å². The molecule has 0 aromatic heterocycles. The zero-order valence-corrected chi connectivity index (χ0v) is 19.8. The van der Waals surface area contributed by atoms with Crippen molar-refractivity contribution in [3.8, 4) is 17.2 Å². The maximum absolute atomic E-state index is 13.1. The molecule has 8 nitrogen and oxygen atoms in total. The Hall–Kier alpha value is -2.49. The summed E-state index contributed by atoms with van der Waals surface area (Å²) in [5, 5.41) is 3.12. The molecule has 1 unspecified atom stereocenters. The van der Waals surface area contributed by atoms with E-state index in [1.807, 2.05) is 6.07 Å². The molecule has 1 fully saturated rings. The molecule has 0 saturated carbocycles. The molecule has 1 aliphatic heterocycles. The van der Waals surface area contributed by atoms with E-state index in [1.54, 1.807) is 26.4 Å². The minimum absolute atomic E-state index is 0.0784. The number of carbonyl (C=O) groups excluding carboxylic acids is 1. The van der Waals surface area contributed by atoms with Crippen LogP contribution >= 0.6 is 11.6 Å². The number of amides is 1. The number of ether oxygens (including phenoxy) is 3. The zero-order valence-electron chi connectivity index (χ0n) is 18.3. The Bertz CT molecular complexity index is 1080. The number of hydrogen-bond acceptors (Lipinski definition) is 6. The van der Waals surface area contributed by atoms with E-state index in [9.17, 15) is 13.2 Å². The van der Waals surface area contributed by atoms with Gasteiger partial charge in [-0.25, -0.2) is 8.42 Å². The van der Waals surface area contributed by atoms with E-state index in [0.717, 1.165) is 5.56 Å². The molecule has 0 bridgehead atoms. The van der Waals surface area contributed by atoms with Crippen LogP contribution in [0.4, 0.5) is 0 Å². The lowest BCUT2D eigenvalue weighted by molar-refractivity contribution is -0.126. The minimum atomic E-state index is -3.78. The van der Waals surface area contributed by atoms with Gasteiger partial charge in [0, 0.05) is 19.6 Å². The summed E-state index contributed by atoms with van der Waals surface area (Å²) in [7, 11) is 0.793. The average Bonchev–Trinajstić information content (AvgIpc) is 2.82. The highest BCUT2D eigenvalue weighted by molar-refractivity contribution is 7.89. The van der Waals surface area contributed by atoms with Gasteiger partial charge in [0.1, 0.15) is 5.75 Å². The van der Waals surface area contributed by atoms with Crippen molar-refractivity contribution in [1.82, 2.24) is 9.62 Å². The molecular formula is C22H27ClN2O6S. The number of carbonyl (C=O) groups is 1. The Morgan fingerprint density at radius 1 is 1.06 bits per heavy atom. The molecule has 1 heterocycles. The molecule has 2 aromatic rings. The first-order valence-electron chi connectivity index (χ1n) is 10.1. The standard InChI is InChI=1S/C22H27ClN2O6S/c1-29-19-9-7-17(12-18(19)23)32(27,28)25-10-4-5-16(14-25)22(26)24-13-15-6-8-20(30-2)21(11-15)31-3/h6-9,11-12,16H,4-5,10,13-14H2,1-3H3,(H,24,26). The fourth-order valence-electron chi connectivity index (χ4n) is 3.66. The van der Waals surface area contributed by atoms with Crippen molar-refractivity contribution in [2.75, 3.05) is 34.4 Å². The quantitative estimate of drug-likeness (QED) is 0.621. The first kappa shape index (κ1) is 24.2. The highest BCUT2D eigenvalue weighted by Crippen LogP contribution is 2.30. The first-order valence-corrected chi connectivity index (χ1v) is 11.9. The Morgan fingerprint density at radius 2 is 1.75 bits per heavy atom. The number of benzene rings is 2. The average molecular weight is 483 g/mol. The van der Waals surface area contributed by atoms with Gasteiger partial charge >= 0.3 is 0 Å². The van der Waals surface area contributed by atoms with Crippen LogP contribution < -0.4 is 19.5 Å². The van der Waals surface area contributed by atoms with Gasteiger partial charge in [-0.2, -0.15) is 4.31 Å². The van der Waals surface area contributed by atoms with E-state index < -0.39 is 15.9 Å². The number of nitrogens with zero attached hydrogens (tertiary/aromatic N) is 1. The number of methoxy groups -OCH3 is 3. The Labute approximate surface area is 193 Å². The van der Waals surface area contributed by atoms with Crippen LogP contribution in [-0.4, -0.2) is 53.0 Å². The molecule has 1 saturated heterocycles. The lowest BCUT2D eigenvalue weighted by Gasteiger charge is -2.31. The van der Waals surface area contributed by atoms with E-state index in [0.29, 0.717) is 43.2 Å². The van der Waals surface area contributed by atoms with E-state index in [1.165, 1.54) is 29.6 Å². The van der Waals surface area contributed by atoms with Crippen LogP contribution in [0.15, 0.2) is 41.3 Å². The fraction of sp³-hybridized carbons (Fsp3) is 0.409. The molecule has 32 heavy (non-hydrogen) atoms. The molecule has 1 amide bonds. The van der Waals surface area contributed by atoms with Crippen LogP contribution in [0.3, 0.4) is 0 Å². The summed E-state index contributed by atoms with van der Waals surface area (Å²) in [6.07, 6.45) is 1.21. The van der Waals surface area contributed by atoms with E-state index in [2.05, 4.69) is 5.32 Å². The summed E-state index contributed by atoms with van der Waals surface area (Å²) in [6.45, 7) is 0.770. The summed E-state index contributed by atoms with van der Waals surface area (Å²) in [6, 6.07) is 9.76. The van der Waals surface area contributed by atoms with Crippen molar-refractivity contribution in [3.05, 3.63) is 47.0 Å². The van der Waals surface area contributed by atoms with Crippen molar-refractivity contribution < 1.29 is 27.4 Å². The SMILES string of the molecule is COc1ccc(S(=O)(=O)N2CCCC(C(=O)NCc3ccc(OC)c(OC)c3)C2)cc1Cl. The van der Waals surface area contributed by atoms with Crippen LogP contribution in [0.25, 0.3) is 0 Å². The number of piperidine rings is 1. The van der Waals surface area contributed by atoms with Crippen LogP contribution in [0, 0.1) is 5.92 Å². The molecule has 1 aliphatic rings. The molecule has 0 aliphatic carbocycles. The second-order valence-corrected chi connectivity index (χ2v) is 9.75. The molecule has 10 heteroatoms. The largest absolute Gasteiger partial charge is 0.495 e. The maximum Gasteiger partial charge on any atom is 0.243 e. The molecule has 0 spiro atoms.